The first-order valence-corrected chi connectivity index (χ1v) is 7.82. The van der Waals surface area contributed by atoms with Gasteiger partial charge in [0.1, 0.15) is 11.2 Å². The Morgan fingerprint density at radius 1 is 1.20 bits per heavy atom. The van der Waals surface area contributed by atoms with Gasteiger partial charge in [-0.3, -0.25) is 4.79 Å². The zero-order chi connectivity index (χ0) is 17.8. The quantitative estimate of drug-likeness (QED) is 0.591. The monoisotopic (exact) mass is 366 g/mol. The first-order valence-electron chi connectivity index (χ1n) is 7.01. The number of rotatable bonds is 2. The topological polar surface area (TPSA) is 72.8 Å². The van der Waals surface area contributed by atoms with Crippen molar-refractivity contribution in [1.29, 1.82) is 0 Å². The average molecular weight is 366 g/mol. The highest BCUT2D eigenvalue weighted by Gasteiger charge is 2.33. The summed E-state index contributed by atoms with van der Waals surface area (Å²) in [4.78, 5) is 21.8. The van der Waals surface area contributed by atoms with Gasteiger partial charge in [0.05, 0.1) is 23.0 Å². The molecule has 0 aliphatic heterocycles. The number of H-pyrrole nitrogens is 1. The number of nitrogens with one attached hydrogen (secondary N) is 1. The molecule has 25 heavy (non-hydrogen) atoms. The van der Waals surface area contributed by atoms with E-state index in [9.17, 15) is 18.0 Å². The predicted octanol–water partition coefficient (Wildman–Crippen LogP) is 3.35. The Morgan fingerprint density at radius 3 is 2.72 bits per heavy atom. The van der Waals surface area contributed by atoms with Crippen LogP contribution in [0.1, 0.15) is 5.69 Å². The van der Waals surface area contributed by atoms with Crippen LogP contribution in [0.3, 0.4) is 0 Å². The molecule has 4 rings (SSSR count). The molecule has 0 saturated heterocycles. The van der Waals surface area contributed by atoms with E-state index in [1.54, 1.807) is 18.2 Å². The molecule has 0 unspecified atom stereocenters. The number of hydrogen-bond acceptors (Lipinski definition) is 5. The molecule has 3 aromatic heterocycles. The van der Waals surface area contributed by atoms with Crippen molar-refractivity contribution in [2.45, 2.75) is 6.18 Å². The lowest BCUT2D eigenvalue weighted by Gasteiger charge is -2.09. The summed E-state index contributed by atoms with van der Waals surface area (Å²) in [6, 6.07) is 7.21. The van der Waals surface area contributed by atoms with Gasteiger partial charge in [0.2, 0.25) is 0 Å². The summed E-state index contributed by atoms with van der Waals surface area (Å²) in [7, 11) is 1.37. The molecule has 128 valence electrons. The highest BCUT2D eigenvalue weighted by Crippen LogP contribution is 2.32. The van der Waals surface area contributed by atoms with Crippen molar-refractivity contribution in [3.63, 3.8) is 0 Å². The van der Waals surface area contributed by atoms with Crippen LogP contribution in [-0.2, 0) is 6.18 Å². The third-order valence-electron chi connectivity index (χ3n) is 3.61. The van der Waals surface area contributed by atoms with Crippen molar-refractivity contribution in [3.8, 4) is 11.7 Å². The summed E-state index contributed by atoms with van der Waals surface area (Å²) in [5.41, 5.74) is 0.414. The van der Waals surface area contributed by atoms with Gasteiger partial charge in [-0.2, -0.15) is 18.2 Å². The number of benzene rings is 1. The Kier molecular flexibility index (Phi) is 3.32. The first kappa shape index (κ1) is 15.6. The van der Waals surface area contributed by atoms with Crippen molar-refractivity contribution in [2.75, 3.05) is 7.11 Å². The molecule has 0 spiro atoms. The second-order valence-electron chi connectivity index (χ2n) is 5.17. The molecule has 0 aliphatic carbocycles. The van der Waals surface area contributed by atoms with Gasteiger partial charge in [0, 0.05) is 0 Å². The number of aromatic nitrogens is 4. The number of halogens is 3. The maximum atomic E-state index is 13.0. The van der Waals surface area contributed by atoms with E-state index in [1.165, 1.54) is 17.7 Å². The summed E-state index contributed by atoms with van der Waals surface area (Å²) in [6.07, 6.45) is -4.57. The summed E-state index contributed by atoms with van der Waals surface area (Å²) < 4.78 is 46.2. The van der Waals surface area contributed by atoms with Crippen molar-refractivity contribution in [2.24, 2.45) is 0 Å². The van der Waals surface area contributed by atoms with E-state index in [0.717, 1.165) is 17.4 Å². The molecule has 0 fully saturated rings. The van der Waals surface area contributed by atoms with Gasteiger partial charge in [0.25, 0.3) is 0 Å². The highest BCUT2D eigenvalue weighted by molar-refractivity contribution is 7.16. The van der Waals surface area contributed by atoms with Gasteiger partial charge < -0.3 is 9.72 Å². The Morgan fingerprint density at radius 2 is 2.00 bits per heavy atom. The number of aromatic amines is 1. The van der Waals surface area contributed by atoms with Gasteiger partial charge in [0.15, 0.2) is 5.65 Å². The molecule has 0 radical (unpaired) electrons. The maximum absolute atomic E-state index is 13.0. The van der Waals surface area contributed by atoms with Crippen LogP contribution in [0.25, 0.3) is 27.1 Å². The lowest BCUT2D eigenvalue weighted by atomic mass is 10.3. The first-order chi connectivity index (χ1) is 11.9. The lowest BCUT2D eigenvalue weighted by Crippen LogP contribution is -2.08. The van der Waals surface area contributed by atoms with Crippen molar-refractivity contribution < 1.29 is 17.9 Å². The molecule has 0 bridgehead atoms. The predicted molar refractivity (Wildman–Crippen MR) is 86.4 cm³/mol. The Hall–Kier alpha value is -2.88. The van der Waals surface area contributed by atoms with Crippen molar-refractivity contribution in [1.82, 2.24) is 19.5 Å². The van der Waals surface area contributed by atoms with Crippen LogP contribution in [0.2, 0.25) is 0 Å². The number of pyridine rings is 1. The molecule has 10 heteroatoms. The van der Waals surface area contributed by atoms with Crippen LogP contribution < -0.4 is 9.61 Å². The van der Waals surface area contributed by atoms with E-state index < -0.39 is 11.9 Å². The number of hydrogen-bond donors (Lipinski definition) is 1. The molecule has 0 aliphatic rings. The third-order valence-corrected chi connectivity index (χ3v) is 4.45. The lowest BCUT2D eigenvalue weighted by molar-refractivity contribution is -0.141. The molecular formula is C15H9F3N4O2S. The molecule has 6 nitrogen and oxygen atoms in total. The van der Waals surface area contributed by atoms with Crippen LogP contribution in [0.5, 0.6) is 6.01 Å². The molecule has 0 saturated carbocycles. The number of imidazole rings is 1. The fourth-order valence-corrected chi connectivity index (χ4v) is 3.31. The minimum Gasteiger partial charge on any atom is -0.468 e. The van der Waals surface area contributed by atoms with Crippen LogP contribution in [0.4, 0.5) is 13.2 Å². The average Bonchev–Trinajstić information content (AvgIpc) is 3.11. The number of methoxy groups -OCH3 is 1. The second kappa shape index (κ2) is 5.31. The normalized spacial score (nSPS) is 12.2. The van der Waals surface area contributed by atoms with Crippen LogP contribution in [0.15, 0.2) is 35.1 Å². The SMILES string of the molecule is COc1nc2ccc(C(F)(F)F)nc2n1-c1ccc2[nH]c(=O)sc2c1. The third kappa shape index (κ3) is 2.54. The Bertz CT molecular complexity index is 1160. The minimum atomic E-state index is -4.57. The summed E-state index contributed by atoms with van der Waals surface area (Å²) in [5, 5.41) is 0. The number of alkyl halides is 3. The van der Waals surface area contributed by atoms with E-state index in [2.05, 4.69) is 15.0 Å². The molecular weight excluding hydrogens is 357 g/mol. The molecule has 1 aromatic carbocycles. The molecule has 0 atom stereocenters. The number of thiazole rings is 1. The number of fused-ring (bicyclic) bond motifs is 2. The standard InChI is InChI=1S/C15H9F3N4O2S/c1-24-13-19-9-4-5-11(15(16,17)18)21-12(9)22(13)7-2-3-8-10(6-7)25-14(23)20-8/h2-6H,1H3,(H,20,23). The number of nitrogens with zero attached hydrogens (tertiary/aromatic N) is 3. The maximum Gasteiger partial charge on any atom is 0.433 e. The van der Waals surface area contributed by atoms with Crippen LogP contribution >= 0.6 is 11.3 Å². The zero-order valence-electron chi connectivity index (χ0n) is 12.6. The molecule has 0 amide bonds. The van der Waals surface area contributed by atoms with Crippen molar-refractivity contribution in [3.05, 3.63) is 45.7 Å². The molecule has 3 heterocycles. The highest BCUT2D eigenvalue weighted by atomic mass is 32.1. The fourth-order valence-electron chi connectivity index (χ4n) is 2.54. The second-order valence-corrected chi connectivity index (χ2v) is 6.18. The van der Waals surface area contributed by atoms with Gasteiger partial charge in [-0.05, 0) is 30.3 Å². The summed E-state index contributed by atoms with van der Waals surface area (Å²) in [6.45, 7) is 0. The van der Waals surface area contributed by atoms with Gasteiger partial charge >= 0.3 is 17.1 Å². The van der Waals surface area contributed by atoms with E-state index in [-0.39, 0.29) is 22.0 Å². The molecule has 4 aromatic rings. The number of ether oxygens (including phenoxy) is 1. The Balaban J connectivity index is 2.01. The Labute approximate surface area is 141 Å². The zero-order valence-corrected chi connectivity index (χ0v) is 13.4. The largest absolute Gasteiger partial charge is 0.468 e. The van der Waals surface area contributed by atoms with E-state index in [4.69, 9.17) is 4.74 Å². The van der Waals surface area contributed by atoms with Gasteiger partial charge in [-0.15, -0.1) is 0 Å². The van der Waals surface area contributed by atoms with E-state index >= 15 is 0 Å². The fraction of sp³-hybridized carbons (Fsp3) is 0.133. The van der Waals surface area contributed by atoms with Crippen LogP contribution in [0, 0.1) is 0 Å². The minimum absolute atomic E-state index is 0.0221. The van der Waals surface area contributed by atoms with Gasteiger partial charge in [-0.25, -0.2) is 9.55 Å². The summed E-state index contributed by atoms with van der Waals surface area (Å²) in [5.74, 6) is 0. The van der Waals surface area contributed by atoms with E-state index in [1.807, 2.05) is 0 Å². The molecule has 1 N–H and O–H groups in total. The summed E-state index contributed by atoms with van der Waals surface area (Å²) >= 11 is 1.00. The smallest absolute Gasteiger partial charge is 0.433 e. The van der Waals surface area contributed by atoms with Gasteiger partial charge in [-0.1, -0.05) is 11.3 Å². The van der Waals surface area contributed by atoms with E-state index in [0.29, 0.717) is 15.9 Å². The van der Waals surface area contributed by atoms with Crippen LogP contribution in [-0.4, -0.2) is 26.6 Å². The van der Waals surface area contributed by atoms with Crippen molar-refractivity contribution >= 4 is 32.7 Å².